The first kappa shape index (κ1) is 14.2. The van der Waals surface area contributed by atoms with E-state index in [1.165, 1.54) is 4.90 Å². The molecule has 0 aliphatic heterocycles. The predicted octanol–water partition coefficient (Wildman–Crippen LogP) is 1.23. The van der Waals surface area contributed by atoms with E-state index in [0.29, 0.717) is 12.1 Å². The van der Waals surface area contributed by atoms with Crippen molar-refractivity contribution in [3.05, 3.63) is 30.3 Å². The van der Waals surface area contributed by atoms with Gasteiger partial charge in [-0.05, 0) is 18.6 Å². The van der Waals surface area contributed by atoms with Crippen LogP contribution < -0.4 is 10.6 Å². The molecule has 18 heavy (non-hydrogen) atoms. The predicted molar refractivity (Wildman–Crippen MR) is 69.3 cm³/mol. The number of carboxylic acid groups (broad SMARTS) is 1. The van der Waals surface area contributed by atoms with E-state index >= 15 is 0 Å². The lowest BCUT2D eigenvalue weighted by atomic mass is 10.1. The Hall–Kier alpha value is -1.88. The molecule has 5 nitrogen and oxygen atoms in total. The number of amides is 1. The van der Waals surface area contributed by atoms with Crippen LogP contribution >= 0.6 is 0 Å². The van der Waals surface area contributed by atoms with Crippen LogP contribution in [0, 0.1) is 0 Å². The minimum absolute atomic E-state index is 0.356. The maximum Gasteiger partial charge on any atom is 0.323 e. The van der Waals surface area contributed by atoms with Gasteiger partial charge in [0.1, 0.15) is 6.54 Å². The summed E-state index contributed by atoms with van der Waals surface area (Å²) in [5, 5.41) is 8.87. The second kappa shape index (κ2) is 6.76. The van der Waals surface area contributed by atoms with Crippen molar-refractivity contribution in [2.24, 2.45) is 5.73 Å². The van der Waals surface area contributed by atoms with Crippen LogP contribution in [0.3, 0.4) is 0 Å². The zero-order valence-electron chi connectivity index (χ0n) is 10.4. The van der Waals surface area contributed by atoms with Crippen LogP contribution in [0.15, 0.2) is 30.3 Å². The van der Waals surface area contributed by atoms with Crippen molar-refractivity contribution < 1.29 is 14.7 Å². The van der Waals surface area contributed by atoms with Crippen molar-refractivity contribution in [3.8, 4) is 0 Å². The van der Waals surface area contributed by atoms with Crippen molar-refractivity contribution in [2.75, 3.05) is 11.4 Å². The molecule has 0 saturated heterocycles. The number of carboxylic acids is 1. The molecule has 3 N–H and O–H groups in total. The van der Waals surface area contributed by atoms with Crippen LogP contribution in [0.1, 0.15) is 19.8 Å². The molecule has 98 valence electrons. The lowest BCUT2D eigenvalue weighted by Gasteiger charge is -2.24. The average Bonchev–Trinajstić information content (AvgIpc) is 2.36. The molecule has 0 unspecified atom stereocenters. The number of aliphatic carboxylic acids is 1. The van der Waals surface area contributed by atoms with Crippen LogP contribution in [0.5, 0.6) is 0 Å². The minimum Gasteiger partial charge on any atom is -0.480 e. The summed E-state index contributed by atoms with van der Waals surface area (Å²) in [4.78, 5) is 24.2. The van der Waals surface area contributed by atoms with Crippen molar-refractivity contribution >= 4 is 17.6 Å². The van der Waals surface area contributed by atoms with Crippen molar-refractivity contribution in [1.29, 1.82) is 0 Å². The summed E-state index contributed by atoms with van der Waals surface area (Å²) in [5.41, 5.74) is 6.31. The maximum atomic E-state index is 12.1. The molecule has 1 aromatic carbocycles. The van der Waals surface area contributed by atoms with E-state index in [0.717, 1.165) is 6.42 Å². The largest absolute Gasteiger partial charge is 0.480 e. The Balaban J connectivity index is 2.91. The molecule has 1 atom stereocenters. The Morgan fingerprint density at radius 3 is 2.44 bits per heavy atom. The third-order valence-corrected chi connectivity index (χ3v) is 2.54. The highest BCUT2D eigenvalue weighted by Gasteiger charge is 2.23. The van der Waals surface area contributed by atoms with Gasteiger partial charge in [-0.15, -0.1) is 0 Å². The van der Waals surface area contributed by atoms with Crippen LogP contribution in [-0.2, 0) is 9.59 Å². The number of benzene rings is 1. The van der Waals surface area contributed by atoms with Crippen molar-refractivity contribution in [1.82, 2.24) is 0 Å². The zero-order valence-corrected chi connectivity index (χ0v) is 10.4. The first-order valence-corrected chi connectivity index (χ1v) is 5.90. The Labute approximate surface area is 106 Å². The van der Waals surface area contributed by atoms with Gasteiger partial charge >= 0.3 is 5.97 Å². The number of rotatable bonds is 6. The standard InChI is InChI=1S/C13H18N2O3/c1-2-6-11(14)13(18)15(9-12(16)17)10-7-4-3-5-8-10/h3-5,7-8,11H,2,6,9,14H2,1H3,(H,16,17)/t11-/m0/s1. The van der Waals surface area contributed by atoms with Gasteiger partial charge in [-0.25, -0.2) is 0 Å². The molecule has 1 amide bonds. The first-order valence-electron chi connectivity index (χ1n) is 5.90. The number of para-hydroxylation sites is 1. The fourth-order valence-corrected chi connectivity index (χ4v) is 1.67. The monoisotopic (exact) mass is 250 g/mol. The van der Waals surface area contributed by atoms with Crippen LogP contribution in [0.2, 0.25) is 0 Å². The summed E-state index contributed by atoms with van der Waals surface area (Å²) in [6, 6.07) is 8.04. The number of hydrogen-bond donors (Lipinski definition) is 2. The molecule has 0 aromatic heterocycles. The molecular weight excluding hydrogens is 232 g/mol. The number of hydrogen-bond acceptors (Lipinski definition) is 3. The molecule has 5 heteroatoms. The Morgan fingerprint density at radius 2 is 1.94 bits per heavy atom. The number of nitrogens with two attached hydrogens (primary N) is 1. The molecule has 0 aliphatic rings. The molecule has 0 spiro atoms. The molecule has 1 rings (SSSR count). The second-order valence-electron chi connectivity index (χ2n) is 4.05. The van der Waals surface area contributed by atoms with E-state index in [1.807, 2.05) is 6.92 Å². The fourth-order valence-electron chi connectivity index (χ4n) is 1.67. The Kier molecular flexibility index (Phi) is 5.32. The molecular formula is C13H18N2O3. The lowest BCUT2D eigenvalue weighted by molar-refractivity contribution is -0.136. The topological polar surface area (TPSA) is 83.6 Å². The van der Waals surface area contributed by atoms with Gasteiger partial charge in [0.15, 0.2) is 0 Å². The van der Waals surface area contributed by atoms with Gasteiger partial charge in [-0.1, -0.05) is 31.5 Å². The van der Waals surface area contributed by atoms with E-state index in [2.05, 4.69) is 0 Å². The number of nitrogens with zero attached hydrogens (tertiary/aromatic N) is 1. The molecule has 0 saturated carbocycles. The van der Waals surface area contributed by atoms with E-state index in [-0.39, 0.29) is 12.5 Å². The quantitative estimate of drug-likeness (QED) is 0.795. The molecule has 0 aliphatic carbocycles. The molecule has 1 aromatic rings. The molecule has 0 fully saturated rings. The summed E-state index contributed by atoms with van der Waals surface area (Å²) in [6.07, 6.45) is 1.32. The van der Waals surface area contributed by atoms with E-state index in [4.69, 9.17) is 10.8 Å². The minimum atomic E-state index is -1.06. The van der Waals surface area contributed by atoms with Crippen molar-refractivity contribution in [3.63, 3.8) is 0 Å². The normalized spacial score (nSPS) is 11.9. The number of carbonyl (C=O) groups excluding carboxylic acids is 1. The van der Waals surface area contributed by atoms with Crippen LogP contribution in [0.25, 0.3) is 0 Å². The van der Waals surface area contributed by atoms with Gasteiger partial charge in [0.25, 0.3) is 0 Å². The molecule has 0 radical (unpaired) electrons. The highest BCUT2D eigenvalue weighted by Crippen LogP contribution is 2.15. The van der Waals surface area contributed by atoms with E-state index in [1.54, 1.807) is 30.3 Å². The summed E-state index contributed by atoms with van der Waals surface area (Å²) in [5.74, 6) is -1.42. The number of anilines is 1. The lowest BCUT2D eigenvalue weighted by Crippen LogP contribution is -2.46. The number of carbonyl (C=O) groups is 2. The fraction of sp³-hybridized carbons (Fsp3) is 0.385. The van der Waals surface area contributed by atoms with Gasteiger partial charge < -0.3 is 10.8 Å². The van der Waals surface area contributed by atoms with Crippen molar-refractivity contribution in [2.45, 2.75) is 25.8 Å². The second-order valence-corrected chi connectivity index (χ2v) is 4.05. The van der Waals surface area contributed by atoms with Gasteiger partial charge in [0.2, 0.25) is 5.91 Å². The van der Waals surface area contributed by atoms with E-state index in [9.17, 15) is 9.59 Å². The van der Waals surface area contributed by atoms with Gasteiger partial charge in [0.05, 0.1) is 6.04 Å². The summed E-state index contributed by atoms with van der Waals surface area (Å²) >= 11 is 0. The van der Waals surface area contributed by atoms with Gasteiger partial charge in [0, 0.05) is 5.69 Å². The SMILES string of the molecule is CCC[C@H](N)C(=O)N(CC(=O)O)c1ccccc1. The van der Waals surface area contributed by atoms with Crippen LogP contribution in [0.4, 0.5) is 5.69 Å². The first-order chi connectivity index (χ1) is 8.56. The maximum absolute atomic E-state index is 12.1. The summed E-state index contributed by atoms with van der Waals surface area (Å²) in [6.45, 7) is 1.55. The third kappa shape index (κ3) is 3.85. The smallest absolute Gasteiger partial charge is 0.323 e. The summed E-state index contributed by atoms with van der Waals surface area (Å²) in [7, 11) is 0. The van der Waals surface area contributed by atoms with E-state index < -0.39 is 12.0 Å². The summed E-state index contributed by atoms with van der Waals surface area (Å²) < 4.78 is 0. The van der Waals surface area contributed by atoms with Crippen LogP contribution in [-0.4, -0.2) is 29.6 Å². The highest BCUT2D eigenvalue weighted by molar-refractivity contribution is 6.00. The average molecular weight is 250 g/mol. The Morgan fingerprint density at radius 1 is 1.33 bits per heavy atom. The highest BCUT2D eigenvalue weighted by atomic mass is 16.4. The zero-order chi connectivity index (χ0) is 13.5. The van der Waals surface area contributed by atoms with Gasteiger partial charge in [-0.3, -0.25) is 14.5 Å². The molecule has 0 bridgehead atoms. The Bertz CT molecular complexity index is 406. The molecule has 0 heterocycles. The van der Waals surface area contributed by atoms with Gasteiger partial charge in [-0.2, -0.15) is 0 Å². The third-order valence-electron chi connectivity index (χ3n) is 2.54.